The number of nitrogens with zero attached hydrogens (tertiary/aromatic N) is 2. The highest BCUT2D eigenvalue weighted by Crippen LogP contribution is 2.31. The Morgan fingerprint density at radius 1 is 1.03 bits per heavy atom. The number of ether oxygens (including phenoxy) is 1. The highest BCUT2D eigenvalue weighted by atomic mass is 19.4. The smallest absolute Gasteiger partial charge is 0.416 e. The monoisotopic (exact) mass is 453 g/mol. The number of amides is 1. The normalized spacial score (nSPS) is 11.4. The van der Waals surface area contributed by atoms with E-state index in [-0.39, 0.29) is 11.3 Å². The van der Waals surface area contributed by atoms with E-state index in [9.17, 15) is 22.8 Å². The van der Waals surface area contributed by atoms with Crippen molar-refractivity contribution < 1.29 is 22.7 Å². The van der Waals surface area contributed by atoms with Crippen molar-refractivity contribution in [2.45, 2.75) is 13.1 Å². The second kappa shape index (κ2) is 8.78. The van der Waals surface area contributed by atoms with Crippen LogP contribution in [0.4, 0.5) is 18.9 Å². The molecule has 1 amide bonds. The van der Waals surface area contributed by atoms with Gasteiger partial charge in [0.1, 0.15) is 11.6 Å². The van der Waals surface area contributed by atoms with Gasteiger partial charge in [0.05, 0.1) is 22.2 Å². The summed E-state index contributed by atoms with van der Waals surface area (Å²) in [7, 11) is 0. The predicted molar refractivity (Wildman–Crippen MR) is 118 cm³/mol. The lowest BCUT2D eigenvalue weighted by molar-refractivity contribution is -0.137. The van der Waals surface area contributed by atoms with Gasteiger partial charge in [-0.1, -0.05) is 18.2 Å². The third-order valence-corrected chi connectivity index (χ3v) is 4.88. The van der Waals surface area contributed by atoms with Crippen molar-refractivity contribution in [1.82, 2.24) is 9.55 Å². The zero-order chi connectivity index (χ0) is 23.6. The summed E-state index contributed by atoms with van der Waals surface area (Å²) in [5, 5.41) is 3.10. The Hall–Kier alpha value is -4.14. The minimum absolute atomic E-state index is 0.0611. The molecule has 168 valence electrons. The highest BCUT2D eigenvalue weighted by molar-refractivity contribution is 5.92. The van der Waals surface area contributed by atoms with Crippen molar-refractivity contribution in [1.29, 1.82) is 0 Å². The molecule has 0 saturated heterocycles. The Morgan fingerprint density at radius 2 is 1.76 bits per heavy atom. The Bertz CT molecular complexity index is 1380. The van der Waals surface area contributed by atoms with Crippen LogP contribution in [-0.2, 0) is 11.0 Å². The van der Waals surface area contributed by atoms with Gasteiger partial charge in [0.25, 0.3) is 11.5 Å². The van der Waals surface area contributed by atoms with Crippen molar-refractivity contribution in [2.75, 3.05) is 11.9 Å². The number of aryl methyl sites for hydroxylation is 1. The summed E-state index contributed by atoms with van der Waals surface area (Å²) >= 11 is 0. The second-order valence-electron chi connectivity index (χ2n) is 7.23. The van der Waals surface area contributed by atoms with Gasteiger partial charge < -0.3 is 10.1 Å². The molecule has 0 radical (unpaired) electrons. The Kier molecular flexibility index (Phi) is 5.87. The van der Waals surface area contributed by atoms with Gasteiger partial charge in [0.2, 0.25) is 0 Å². The lowest BCUT2D eigenvalue weighted by atomic mass is 10.2. The van der Waals surface area contributed by atoms with Crippen molar-refractivity contribution in [3.63, 3.8) is 0 Å². The number of nitrogens with one attached hydrogen (secondary N) is 1. The van der Waals surface area contributed by atoms with Crippen LogP contribution in [0.1, 0.15) is 11.4 Å². The first-order valence-electron chi connectivity index (χ1n) is 9.91. The summed E-state index contributed by atoms with van der Waals surface area (Å²) < 4.78 is 45.0. The molecule has 33 heavy (non-hydrogen) atoms. The van der Waals surface area contributed by atoms with Gasteiger partial charge in [0.15, 0.2) is 6.61 Å². The fourth-order valence-corrected chi connectivity index (χ4v) is 3.35. The molecule has 0 aliphatic rings. The van der Waals surface area contributed by atoms with Crippen LogP contribution < -0.4 is 15.6 Å². The van der Waals surface area contributed by atoms with E-state index in [1.54, 1.807) is 49.4 Å². The van der Waals surface area contributed by atoms with E-state index in [4.69, 9.17) is 4.74 Å². The Balaban J connectivity index is 1.45. The number of alkyl halides is 3. The third-order valence-electron chi connectivity index (χ3n) is 4.88. The number of carbonyl (C=O) groups is 1. The number of aromatic nitrogens is 2. The fourth-order valence-electron chi connectivity index (χ4n) is 3.35. The fraction of sp³-hybridized carbons (Fsp3) is 0.125. The van der Waals surface area contributed by atoms with Crippen LogP contribution in [0.25, 0.3) is 16.6 Å². The van der Waals surface area contributed by atoms with Crippen LogP contribution in [0.5, 0.6) is 5.75 Å². The largest absolute Gasteiger partial charge is 0.484 e. The van der Waals surface area contributed by atoms with Crippen molar-refractivity contribution in [3.8, 4) is 11.4 Å². The zero-order valence-electron chi connectivity index (χ0n) is 17.4. The van der Waals surface area contributed by atoms with Crippen molar-refractivity contribution >= 4 is 22.5 Å². The summed E-state index contributed by atoms with van der Waals surface area (Å²) in [6.07, 6.45) is -4.50. The molecule has 0 fully saturated rings. The van der Waals surface area contributed by atoms with Gasteiger partial charge in [0, 0.05) is 5.69 Å². The number of hydrogen-bond acceptors (Lipinski definition) is 4. The minimum Gasteiger partial charge on any atom is -0.484 e. The molecule has 0 saturated carbocycles. The maximum absolute atomic E-state index is 12.9. The summed E-state index contributed by atoms with van der Waals surface area (Å²) in [6.45, 7) is 1.27. The molecule has 4 rings (SSSR count). The van der Waals surface area contributed by atoms with Gasteiger partial charge in [-0.25, -0.2) is 4.98 Å². The molecule has 0 spiro atoms. The molecule has 0 aliphatic carbocycles. The highest BCUT2D eigenvalue weighted by Gasteiger charge is 2.30. The molecule has 0 bridgehead atoms. The van der Waals surface area contributed by atoms with Crippen LogP contribution in [0, 0.1) is 6.92 Å². The van der Waals surface area contributed by atoms with E-state index in [2.05, 4.69) is 10.3 Å². The number of fused-ring (bicyclic) bond motifs is 1. The quantitative estimate of drug-likeness (QED) is 0.474. The van der Waals surface area contributed by atoms with Crippen LogP contribution in [-0.4, -0.2) is 22.1 Å². The number of hydrogen-bond donors (Lipinski definition) is 1. The van der Waals surface area contributed by atoms with Crippen LogP contribution in [0.3, 0.4) is 0 Å². The number of para-hydroxylation sites is 1. The molecule has 0 unspecified atom stereocenters. The number of benzene rings is 3. The van der Waals surface area contributed by atoms with E-state index >= 15 is 0 Å². The summed E-state index contributed by atoms with van der Waals surface area (Å²) in [5.41, 5.74) is 0.569. The van der Waals surface area contributed by atoms with Crippen LogP contribution in [0.2, 0.25) is 0 Å². The van der Waals surface area contributed by atoms with Gasteiger partial charge in [-0.05, 0) is 61.5 Å². The molecule has 4 aromatic rings. The van der Waals surface area contributed by atoms with Gasteiger partial charge in [-0.3, -0.25) is 14.2 Å². The first-order chi connectivity index (χ1) is 15.7. The average Bonchev–Trinajstić information content (AvgIpc) is 2.78. The Labute approximate surface area is 186 Å². The minimum atomic E-state index is -4.50. The molecular weight excluding hydrogens is 435 g/mol. The lowest BCUT2D eigenvalue weighted by Gasteiger charge is -2.12. The van der Waals surface area contributed by atoms with E-state index in [1.165, 1.54) is 16.7 Å². The van der Waals surface area contributed by atoms with Gasteiger partial charge >= 0.3 is 6.18 Å². The maximum atomic E-state index is 12.9. The predicted octanol–water partition coefficient (Wildman–Crippen LogP) is 4.73. The lowest BCUT2D eigenvalue weighted by Crippen LogP contribution is -2.22. The molecule has 9 heteroatoms. The number of anilines is 1. The first-order valence-corrected chi connectivity index (χ1v) is 9.91. The van der Waals surface area contributed by atoms with E-state index in [0.29, 0.717) is 28.1 Å². The van der Waals surface area contributed by atoms with Crippen molar-refractivity contribution in [2.24, 2.45) is 0 Å². The summed E-state index contributed by atoms with van der Waals surface area (Å²) in [5.74, 6) is -0.0835. The molecule has 1 aromatic heterocycles. The first kappa shape index (κ1) is 22.1. The molecule has 1 heterocycles. The standard InChI is InChI=1S/C24H18F3N3O3/c1-15-28-21-8-3-2-7-20(21)23(32)30(15)18-11-9-17(10-12-18)29-22(31)14-33-19-6-4-5-16(13-19)24(25,26)27/h2-13H,14H2,1H3,(H,29,31). The van der Waals surface area contributed by atoms with E-state index in [0.717, 1.165) is 12.1 Å². The number of carbonyl (C=O) groups excluding carboxylic acids is 1. The molecule has 3 aromatic carbocycles. The van der Waals surface area contributed by atoms with E-state index < -0.39 is 24.3 Å². The second-order valence-corrected chi connectivity index (χ2v) is 7.23. The molecule has 0 aliphatic heterocycles. The van der Waals surface area contributed by atoms with Gasteiger partial charge in [-0.15, -0.1) is 0 Å². The van der Waals surface area contributed by atoms with Crippen molar-refractivity contribution in [3.05, 3.63) is 94.5 Å². The van der Waals surface area contributed by atoms with Crippen LogP contribution >= 0.6 is 0 Å². The number of rotatable bonds is 5. The zero-order valence-corrected chi connectivity index (χ0v) is 17.4. The Morgan fingerprint density at radius 3 is 2.48 bits per heavy atom. The molecule has 1 N–H and O–H groups in total. The van der Waals surface area contributed by atoms with Crippen LogP contribution in [0.15, 0.2) is 77.6 Å². The summed E-state index contributed by atoms with van der Waals surface area (Å²) in [6, 6.07) is 17.9. The van der Waals surface area contributed by atoms with E-state index in [1.807, 2.05) is 6.07 Å². The average molecular weight is 453 g/mol. The third kappa shape index (κ3) is 4.87. The summed E-state index contributed by atoms with van der Waals surface area (Å²) in [4.78, 5) is 29.5. The molecular formula is C24H18F3N3O3. The number of halogens is 3. The molecule has 6 nitrogen and oxygen atoms in total. The topological polar surface area (TPSA) is 73.2 Å². The SMILES string of the molecule is Cc1nc2ccccc2c(=O)n1-c1ccc(NC(=O)COc2cccc(C(F)(F)F)c2)cc1. The maximum Gasteiger partial charge on any atom is 0.416 e. The molecule has 0 atom stereocenters. The van der Waals surface area contributed by atoms with Gasteiger partial charge in [-0.2, -0.15) is 13.2 Å².